The van der Waals surface area contributed by atoms with E-state index in [1.54, 1.807) is 11.3 Å². The van der Waals surface area contributed by atoms with Crippen LogP contribution in [0.5, 0.6) is 0 Å². The van der Waals surface area contributed by atoms with Gasteiger partial charge in [0.25, 0.3) is 0 Å². The number of thiazole rings is 1. The topological polar surface area (TPSA) is 33.2 Å². The van der Waals surface area contributed by atoms with E-state index in [9.17, 15) is 4.79 Å². The van der Waals surface area contributed by atoms with Crippen LogP contribution in [0.2, 0.25) is 0 Å². The van der Waals surface area contributed by atoms with Gasteiger partial charge in [-0.25, -0.2) is 4.98 Å². The highest BCUT2D eigenvalue weighted by Gasteiger charge is 2.20. The van der Waals surface area contributed by atoms with Crippen LogP contribution < -0.4 is 0 Å². The van der Waals surface area contributed by atoms with Crippen LogP contribution in [-0.4, -0.2) is 28.9 Å². The molecule has 3 rings (SSSR count). The molecule has 0 radical (unpaired) electrons. The van der Waals surface area contributed by atoms with E-state index in [1.165, 1.54) is 0 Å². The lowest BCUT2D eigenvalue weighted by molar-refractivity contribution is -0.129. The third-order valence-electron chi connectivity index (χ3n) is 3.68. The Morgan fingerprint density at radius 1 is 1.25 bits per heavy atom. The molecule has 20 heavy (non-hydrogen) atoms. The zero-order valence-corrected chi connectivity index (χ0v) is 12.4. The molecule has 1 saturated heterocycles. The van der Waals surface area contributed by atoms with E-state index in [0.29, 0.717) is 6.42 Å². The molecule has 0 unspecified atom stereocenters. The lowest BCUT2D eigenvalue weighted by Crippen LogP contribution is -2.28. The number of carbonyl (C=O) groups excluding carboxylic acids is 1. The fourth-order valence-corrected chi connectivity index (χ4v) is 3.57. The maximum absolute atomic E-state index is 12.2. The van der Waals surface area contributed by atoms with E-state index in [-0.39, 0.29) is 5.91 Å². The Labute approximate surface area is 123 Å². The van der Waals surface area contributed by atoms with Gasteiger partial charge in [0.05, 0.1) is 12.1 Å². The molecule has 1 aliphatic rings. The van der Waals surface area contributed by atoms with Crippen LogP contribution in [0, 0.1) is 6.92 Å². The molecule has 1 aliphatic heterocycles. The fourth-order valence-electron chi connectivity index (χ4n) is 2.51. The number of likely N-dealkylation sites (tertiary alicyclic amines) is 1. The van der Waals surface area contributed by atoms with Gasteiger partial charge in [0, 0.05) is 23.5 Å². The van der Waals surface area contributed by atoms with E-state index < -0.39 is 0 Å². The summed E-state index contributed by atoms with van der Waals surface area (Å²) in [4.78, 5) is 19.9. The smallest absolute Gasteiger partial charge is 0.227 e. The third-order valence-corrected chi connectivity index (χ3v) is 4.89. The summed E-state index contributed by atoms with van der Waals surface area (Å²) in [7, 11) is 0. The van der Waals surface area contributed by atoms with Gasteiger partial charge in [-0.05, 0) is 19.8 Å². The Kier molecular flexibility index (Phi) is 3.83. The molecule has 3 nitrogen and oxygen atoms in total. The van der Waals surface area contributed by atoms with Crippen LogP contribution in [0.1, 0.15) is 23.4 Å². The number of hydrogen-bond acceptors (Lipinski definition) is 3. The first-order valence-electron chi connectivity index (χ1n) is 7.03. The van der Waals surface area contributed by atoms with Gasteiger partial charge in [-0.1, -0.05) is 30.3 Å². The maximum Gasteiger partial charge on any atom is 0.227 e. The van der Waals surface area contributed by atoms with E-state index >= 15 is 0 Å². The van der Waals surface area contributed by atoms with Crippen molar-refractivity contribution in [2.75, 3.05) is 13.1 Å². The van der Waals surface area contributed by atoms with Crippen molar-refractivity contribution >= 4 is 17.2 Å². The van der Waals surface area contributed by atoms with Gasteiger partial charge in [0.2, 0.25) is 5.91 Å². The standard InChI is InChI=1S/C16H18N2OS/c1-12-14(11-15(19)18-9-5-6-10-18)20-16(17-12)13-7-3-2-4-8-13/h2-4,7-8H,5-6,9-11H2,1H3. The van der Waals surface area contributed by atoms with E-state index in [0.717, 1.165) is 47.1 Å². The predicted octanol–water partition coefficient (Wildman–Crippen LogP) is 3.28. The first-order chi connectivity index (χ1) is 9.74. The minimum Gasteiger partial charge on any atom is -0.342 e. The van der Waals surface area contributed by atoms with Gasteiger partial charge in [-0.2, -0.15) is 0 Å². The summed E-state index contributed by atoms with van der Waals surface area (Å²) in [6, 6.07) is 10.2. The van der Waals surface area contributed by atoms with Gasteiger partial charge in [-0.15, -0.1) is 11.3 Å². The molecule has 1 fully saturated rings. The molecule has 104 valence electrons. The van der Waals surface area contributed by atoms with Crippen molar-refractivity contribution in [3.05, 3.63) is 40.9 Å². The van der Waals surface area contributed by atoms with Crippen LogP contribution in [0.15, 0.2) is 30.3 Å². The number of hydrogen-bond donors (Lipinski definition) is 0. The lowest BCUT2D eigenvalue weighted by Gasteiger charge is -2.14. The van der Waals surface area contributed by atoms with E-state index in [1.807, 2.05) is 30.0 Å². The number of carbonyl (C=O) groups is 1. The van der Waals surface area contributed by atoms with Gasteiger partial charge >= 0.3 is 0 Å². The Balaban J connectivity index is 1.77. The Morgan fingerprint density at radius 3 is 2.65 bits per heavy atom. The van der Waals surface area contributed by atoms with Crippen molar-refractivity contribution in [1.82, 2.24) is 9.88 Å². The maximum atomic E-state index is 12.2. The monoisotopic (exact) mass is 286 g/mol. The average Bonchev–Trinajstić information content (AvgIpc) is 3.10. The van der Waals surface area contributed by atoms with Gasteiger partial charge in [-0.3, -0.25) is 4.79 Å². The molecule has 0 bridgehead atoms. The van der Waals surface area contributed by atoms with E-state index in [4.69, 9.17) is 0 Å². The second-order valence-electron chi connectivity index (χ2n) is 5.16. The normalized spacial score (nSPS) is 14.8. The highest BCUT2D eigenvalue weighted by molar-refractivity contribution is 7.15. The fraction of sp³-hybridized carbons (Fsp3) is 0.375. The average molecular weight is 286 g/mol. The number of amides is 1. The molecule has 0 spiro atoms. The van der Waals surface area contributed by atoms with Crippen LogP contribution in [0.4, 0.5) is 0 Å². The van der Waals surface area contributed by atoms with Gasteiger partial charge in [0.15, 0.2) is 0 Å². The molecule has 2 aromatic rings. The van der Waals surface area contributed by atoms with Crippen LogP contribution >= 0.6 is 11.3 Å². The third kappa shape index (κ3) is 2.75. The van der Waals surface area contributed by atoms with Crippen LogP contribution in [-0.2, 0) is 11.2 Å². The largest absolute Gasteiger partial charge is 0.342 e. The lowest BCUT2D eigenvalue weighted by atomic mass is 10.2. The summed E-state index contributed by atoms with van der Waals surface area (Å²) in [6.07, 6.45) is 2.78. The van der Waals surface area contributed by atoms with Crippen molar-refractivity contribution in [1.29, 1.82) is 0 Å². The Hall–Kier alpha value is -1.68. The van der Waals surface area contributed by atoms with Crippen molar-refractivity contribution in [2.45, 2.75) is 26.2 Å². The second kappa shape index (κ2) is 5.75. The highest BCUT2D eigenvalue weighted by Crippen LogP contribution is 2.28. The van der Waals surface area contributed by atoms with Gasteiger partial charge in [0.1, 0.15) is 5.01 Å². The molecule has 0 N–H and O–H groups in total. The summed E-state index contributed by atoms with van der Waals surface area (Å²) in [6.45, 7) is 3.83. The summed E-state index contributed by atoms with van der Waals surface area (Å²) in [5, 5.41) is 1.01. The highest BCUT2D eigenvalue weighted by atomic mass is 32.1. The molecular weight excluding hydrogens is 268 g/mol. The molecule has 0 aliphatic carbocycles. The number of benzene rings is 1. The van der Waals surface area contributed by atoms with E-state index in [2.05, 4.69) is 17.1 Å². The van der Waals surface area contributed by atoms with Crippen LogP contribution in [0.25, 0.3) is 10.6 Å². The summed E-state index contributed by atoms with van der Waals surface area (Å²) >= 11 is 1.64. The molecule has 1 aromatic carbocycles. The van der Waals surface area contributed by atoms with Gasteiger partial charge < -0.3 is 4.90 Å². The zero-order valence-electron chi connectivity index (χ0n) is 11.6. The summed E-state index contributed by atoms with van der Waals surface area (Å²) in [5.41, 5.74) is 2.11. The Bertz CT molecular complexity index is 600. The minimum atomic E-state index is 0.244. The van der Waals surface area contributed by atoms with Crippen molar-refractivity contribution in [2.24, 2.45) is 0 Å². The molecule has 0 atom stereocenters. The van der Waals surface area contributed by atoms with Crippen molar-refractivity contribution in [3.63, 3.8) is 0 Å². The molecule has 1 amide bonds. The second-order valence-corrected chi connectivity index (χ2v) is 6.24. The molecule has 0 saturated carbocycles. The Morgan fingerprint density at radius 2 is 1.95 bits per heavy atom. The number of aryl methyl sites for hydroxylation is 1. The molecule has 4 heteroatoms. The number of rotatable bonds is 3. The number of nitrogens with zero attached hydrogens (tertiary/aromatic N) is 2. The van der Waals surface area contributed by atoms with Crippen LogP contribution in [0.3, 0.4) is 0 Å². The zero-order chi connectivity index (χ0) is 13.9. The molecule has 1 aromatic heterocycles. The molecular formula is C16H18N2OS. The van der Waals surface area contributed by atoms with Crippen molar-refractivity contribution < 1.29 is 4.79 Å². The quantitative estimate of drug-likeness (QED) is 0.867. The number of aromatic nitrogens is 1. The SMILES string of the molecule is Cc1nc(-c2ccccc2)sc1CC(=O)N1CCCC1. The first-order valence-corrected chi connectivity index (χ1v) is 7.85. The predicted molar refractivity (Wildman–Crippen MR) is 81.8 cm³/mol. The van der Waals surface area contributed by atoms with Crippen molar-refractivity contribution in [3.8, 4) is 10.6 Å². The first kappa shape index (κ1) is 13.3. The minimum absolute atomic E-state index is 0.244. The summed E-state index contributed by atoms with van der Waals surface area (Å²) < 4.78 is 0. The summed E-state index contributed by atoms with van der Waals surface area (Å²) in [5.74, 6) is 0.244. The molecule has 2 heterocycles.